The van der Waals surface area contributed by atoms with E-state index in [1.807, 2.05) is 32.1 Å². The summed E-state index contributed by atoms with van der Waals surface area (Å²) in [6, 6.07) is 9.71. The molecule has 3 aromatic carbocycles. The van der Waals surface area contributed by atoms with Gasteiger partial charge < -0.3 is 14.2 Å². The average molecular weight is 841 g/mol. The van der Waals surface area contributed by atoms with Gasteiger partial charge in [0.1, 0.15) is 0 Å². The summed E-state index contributed by atoms with van der Waals surface area (Å²) in [6.45, 7) is 18.3. The van der Waals surface area contributed by atoms with Crippen LogP contribution in [0.25, 0.3) is 0 Å². The van der Waals surface area contributed by atoms with E-state index in [2.05, 4.69) is 19.7 Å². The predicted octanol–water partition coefficient (Wildman–Crippen LogP) is 15.6. The van der Waals surface area contributed by atoms with Crippen LogP contribution in [-0.4, -0.2) is 19.8 Å². The van der Waals surface area contributed by atoms with Crippen molar-refractivity contribution in [3.05, 3.63) is 126 Å². The normalized spacial score (nSPS) is 22.6. The van der Waals surface area contributed by atoms with Gasteiger partial charge in [0.05, 0.1) is 19.8 Å². The number of hydrogen-bond donors (Lipinski definition) is 0. The first-order valence-corrected chi connectivity index (χ1v) is 22.2. The van der Waals surface area contributed by atoms with Crippen LogP contribution in [0.15, 0.2) is 74.4 Å². The highest BCUT2D eigenvalue weighted by Crippen LogP contribution is 2.41. The molecule has 0 bridgehead atoms. The molecule has 0 heterocycles. The van der Waals surface area contributed by atoms with E-state index >= 15 is 0 Å². The molecule has 6 rings (SSSR count). The third-order valence-corrected chi connectivity index (χ3v) is 12.4. The summed E-state index contributed by atoms with van der Waals surface area (Å²) in [6.07, 6.45) is 19.8. The Balaban J connectivity index is 0.000000199. The summed E-state index contributed by atoms with van der Waals surface area (Å²) in [4.78, 5) is 0. The summed E-state index contributed by atoms with van der Waals surface area (Å²) < 4.78 is 100.0. The van der Waals surface area contributed by atoms with Crippen molar-refractivity contribution < 1.29 is 40.6 Å². The number of benzene rings is 3. The van der Waals surface area contributed by atoms with Gasteiger partial charge in [0.15, 0.2) is 34.7 Å². The van der Waals surface area contributed by atoms with Gasteiger partial charge in [0, 0.05) is 0 Å². The van der Waals surface area contributed by atoms with Crippen molar-refractivity contribution in [3.63, 3.8) is 0 Å². The summed E-state index contributed by atoms with van der Waals surface area (Å²) >= 11 is 0. The van der Waals surface area contributed by atoms with E-state index in [1.54, 1.807) is 37.3 Å². The molecule has 0 amide bonds. The van der Waals surface area contributed by atoms with E-state index in [0.717, 1.165) is 96.3 Å². The van der Waals surface area contributed by atoms with Gasteiger partial charge in [-0.15, -0.1) is 19.7 Å². The zero-order valence-corrected chi connectivity index (χ0v) is 36.0. The molecule has 60 heavy (non-hydrogen) atoms. The molecule has 0 spiro atoms. The van der Waals surface area contributed by atoms with Gasteiger partial charge in [-0.1, -0.05) is 56.7 Å². The Labute approximate surface area is 355 Å². The number of ether oxygens (including phenoxy) is 3. The Bertz CT molecular complexity index is 1800. The fourth-order valence-corrected chi connectivity index (χ4v) is 8.61. The molecule has 0 radical (unpaired) electrons. The average Bonchev–Trinajstić information content (AvgIpc) is 3.28. The lowest BCUT2D eigenvalue weighted by Crippen LogP contribution is -2.13. The van der Waals surface area contributed by atoms with E-state index in [-0.39, 0.29) is 35.0 Å². The van der Waals surface area contributed by atoms with E-state index in [4.69, 9.17) is 14.2 Å². The van der Waals surface area contributed by atoms with Gasteiger partial charge in [0.2, 0.25) is 17.5 Å². The van der Waals surface area contributed by atoms with E-state index in [9.17, 15) is 26.3 Å². The number of allylic oxidation sites excluding steroid dienone is 3. The van der Waals surface area contributed by atoms with Gasteiger partial charge in [-0.3, -0.25) is 0 Å². The molecular formula is C51H66F6O3. The van der Waals surface area contributed by atoms with Gasteiger partial charge in [-0.25, -0.2) is 13.2 Å². The predicted molar refractivity (Wildman–Crippen MR) is 231 cm³/mol. The van der Waals surface area contributed by atoms with E-state index in [0.29, 0.717) is 54.3 Å². The van der Waals surface area contributed by atoms with E-state index < -0.39 is 34.9 Å². The molecular weight excluding hydrogens is 775 g/mol. The third kappa shape index (κ3) is 13.2. The lowest BCUT2D eigenvalue weighted by molar-refractivity contribution is 0.286. The van der Waals surface area contributed by atoms with Crippen molar-refractivity contribution >= 4 is 0 Å². The summed E-state index contributed by atoms with van der Waals surface area (Å²) in [5.41, 5.74) is 1.48. The molecule has 0 unspecified atom stereocenters. The van der Waals surface area contributed by atoms with Crippen LogP contribution < -0.4 is 14.2 Å². The van der Waals surface area contributed by atoms with Crippen LogP contribution >= 0.6 is 0 Å². The fraction of sp³-hybridized carbons (Fsp3) is 0.529. The quantitative estimate of drug-likeness (QED) is 0.0867. The van der Waals surface area contributed by atoms with Crippen LogP contribution in [0.5, 0.6) is 17.2 Å². The molecule has 0 atom stereocenters. The molecule has 0 saturated heterocycles. The standard InChI is InChI=1S/C18H24F2O.C17H22F2O.C16H20F2O/c1-3-5-12-21-16-11-10-15(17(19)18(16)20)14-8-6-13(4-2)7-9-14;1-3-11-20-15-10-9-14(16(18)17(15)19)13-7-5-12(4-2)6-8-13;1-3-11-5-7-12(8-6-11)13-9-10-14(19-4-2)16(18)15(13)17/h4,10-11,13-14H,2-3,5-9,12H2,1H3;4,9-10,12-13H,2-3,5-8,11H2,1H3;3,9-12H,1,4-8H2,2H3. The van der Waals surface area contributed by atoms with Crippen LogP contribution in [0.1, 0.15) is 152 Å². The second-order valence-corrected chi connectivity index (χ2v) is 16.4. The monoisotopic (exact) mass is 840 g/mol. The van der Waals surface area contributed by atoms with Crippen molar-refractivity contribution in [2.45, 2.75) is 135 Å². The van der Waals surface area contributed by atoms with Crippen LogP contribution in [0.3, 0.4) is 0 Å². The lowest BCUT2D eigenvalue weighted by atomic mass is 9.78. The van der Waals surface area contributed by atoms with Crippen molar-refractivity contribution in [2.75, 3.05) is 19.8 Å². The first-order valence-electron chi connectivity index (χ1n) is 22.2. The molecule has 0 aromatic heterocycles. The van der Waals surface area contributed by atoms with Gasteiger partial charge in [0.25, 0.3) is 0 Å². The molecule has 3 aromatic rings. The smallest absolute Gasteiger partial charge is 0.200 e. The lowest BCUT2D eigenvalue weighted by Gasteiger charge is -2.27. The van der Waals surface area contributed by atoms with Gasteiger partial charge in [-0.2, -0.15) is 13.2 Å². The Kier molecular flexibility index (Phi) is 20.2. The number of unbranched alkanes of at least 4 members (excludes halogenated alkanes) is 1. The molecule has 3 saturated carbocycles. The van der Waals surface area contributed by atoms with Crippen molar-refractivity contribution in [2.24, 2.45) is 17.8 Å². The summed E-state index contributed by atoms with van der Waals surface area (Å²) in [5.74, 6) is -2.80. The highest BCUT2D eigenvalue weighted by atomic mass is 19.2. The van der Waals surface area contributed by atoms with Crippen molar-refractivity contribution in [3.8, 4) is 17.2 Å². The zero-order chi connectivity index (χ0) is 43.6. The third-order valence-electron chi connectivity index (χ3n) is 12.4. The van der Waals surface area contributed by atoms with Crippen LogP contribution in [0.2, 0.25) is 0 Å². The molecule has 3 aliphatic rings. The van der Waals surface area contributed by atoms with E-state index in [1.165, 1.54) is 6.07 Å². The Morgan fingerprint density at radius 3 is 1.03 bits per heavy atom. The molecule has 3 fully saturated rings. The maximum Gasteiger partial charge on any atom is 0.200 e. The molecule has 3 aliphatic carbocycles. The Morgan fingerprint density at radius 1 is 0.433 bits per heavy atom. The number of rotatable bonds is 15. The second-order valence-electron chi connectivity index (χ2n) is 16.4. The minimum atomic E-state index is -0.856. The first kappa shape index (κ1) is 48.5. The van der Waals surface area contributed by atoms with Crippen LogP contribution in [0.4, 0.5) is 26.3 Å². The minimum absolute atomic E-state index is 0.00327. The maximum atomic E-state index is 14.3. The summed E-state index contributed by atoms with van der Waals surface area (Å²) in [7, 11) is 0. The molecule has 330 valence electrons. The van der Waals surface area contributed by atoms with Crippen molar-refractivity contribution in [1.29, 1.82) is 0 Å². The van der Waals surface area contributed by atoms with Crippen LogP contribution in [0, 0.1) is 52.7 Å². The molecule has 0 N–H and O–H groups in total. The summed E-state index contributed by atoms with van der Waals surface area (Å²) in [5, 5.41) is 0. The zero-order valence-electron chi connectivity index (χ0n) is 36.0. The Morgan fingerprint density at radius 2 is 0.750 bits per heavy atom. The SMILES string of the molecule is C=CC1CCC(c2ccc(OCC)c(F)c2F)CC1.C=CC1CCC(c2ccc(OCCC)c(F)c2F)CC1.C=CC1CCC(c2ccc(OCCCC)c(F)c2F)CC1. The largest absolute Gasteiger partial charge is 0.491 e. The highest BCUT2D eigenvalue weighted by Gasteiger charge is 2.28. The molecule has 9 heteroatoms. The number of hydrogen-bond acceptors (Lipinski definition) is 3. The van der Waals surface area contributed by atoms with Crippen LogP contribution in [-0.2, 0) is 0 Å². The van der Waals surface area contributed by atoms with Gasteiger partial charge >= 0.3 is 0 Å². The van der Waals surface area contributed by atoms with Crippen molar-refractivity contribution in [1.82, 2.24) is 0 Å². The second kappa shape index (κ2) is 25.0. The highest BCUT2D eigenvalue weighted by molar-refractivity contribution is 5.35. The maximum absolute atomic E-state index is 14.3. The van der Waals surface area contributed by atoms with Gasteiger partial charge in [-0.05, 0) is 167 Å². The fourth-order valence-electron chi connectivity index (χ4n) is 8.61. The Hall–Kier alpha value is -4.14. The number of halogens is 6. The minimum Gasteiger partial charge on any atom is -0.491 e. The molecule has 0 aliphatic heterocycles. The molecule has 3 nitrogen and oxygen atoms in total. The topological polar surface area (TPSA) is 27.7 Å². The first-order chi connectivity index (χ1) is 29.0.